The van der Waals surface area contributed by atoms with Gasteiger partial charge in [-0.25, -0.2) is 0 Å². The number of piperidine rings is 1. The average molecular weight is 346 g/mol. The summed E-state index contributed by atoms with van der Waals surface area (Å²) in [5.74, 6) is -1.67. The Morgan fingerprint density at radius 1 is 1.24 bits per heavy atom. The molecule has 1 aliphatic rings. The highest BCUT2D eigenvalue weighted by Gasteiger charge is 2.29. The zero-order valence-corrected chi connectivity index (χ0v) is 14.9. The molecule has 1 aromatic carbocycles. The maximum absolute atomic E-state index is 12.4. The summed E-state index contributed by atoms with van der Waals surface area (Å²) in [6.07, 6.45) is 2.41. The summed E-state index contributed by atoms with van der Waals surface area (Å²) >= 11 is 0. The van der Waals surface area contributed by atoms with Crippen LogP contribution in [-0.4, -0.2) is 59.4 Å². The predicted molar refractivity (Wildman–Crippen MR) is 94.1 cm³/mol. The molecule has 0 aromatic heterocycles. The van der Waals surface area contributed by atoms with Gasteiger partial charge in [-0.15, -0.1) is 0 Å². The molecule has 136 valence electrons. The van der Waals surface area contributed by atoms with Crippen molar-refractivity contribution in [1.29, 1.82) is 0 Å². The van der Waals surface area contributed by atoms with E-state index in [2.05, 4.69) is 0 Å². The van der Waals surface area contributed by atoms with Gasteiger partial charge in [-0.2, -0.15) is 0 Å². The van der Waals surface area contributed by atoms with Crippen LogP contribution in [0, 0.1) is 5.92 Å². The number of carboxylic acids is 1. The minimum Gasteiger partial charge on any atom is -0.481 e. The third kappa shape index (κ3) is 5.05. The Kier molecular flexibility index (Phi) is 6.56. The Morgan fingerprint density at radius 2 is 1.92 bits per heavy atom. The first-order valence-electron chi connectivity index (χ1n) is 8.73. The van der Waals surface area contributed by atoms with Crippen LogP contribution in [0.25, 0.3) is 0 Å². The number of amides is 2. The number of likely N-dealkylation sites (N-methyl/N-ethyl adjacent to an activating group) is 1. The Bertz CT molecular complexity index is 644. The van der Waals surface area contributed by atoms with Gasteiger partial charge in [0.15, 0.2) is 0 Å². The van der Waals surface area contributed by atoms with E-state index in [1.54, 1.807) is 11.9 Å². The predicted octanol–water partition coefficient (Wildman–Crippen LogP) is 1.57. The van der Waals surface area contributed by atoms with Crippen molar-refractivity contribution in [2.24, 2.45) is 5.92 Å². The van der Waals surface area contributed by atoms with Crippen LogP contribution in [0.4, 0.5) is 0 Å². The molecular formula is C19H26N2O4. The number of carbonyl (C=O) groups excluding carboxylic acids is 2. The summed E-state index contributed by atoms with van der Waals surface area (Å²) in [7, 11) is 1.62. The molecule has 1 fully saturated rings. The first kappa shape index (κ1) is 19.0. The molecule has 0 saturated carbocycles. The van der Waals surface area contributed by atoms with Crippen LogP contribution in [-0.2, 0) is 27.2 Å². The number of benzene rings is 1. The smallest absolute Gasteiger partial charge is 0.308 e. The van der Waals surface area contributed by atoms with Gasteiger partial charge in [0.25, 0.3) is 0 Å². The summed E-state index contributed by atoms with van der Waals surface area (Å²) in [4.78, 5) is 38.9. The highest BCUT2D eigenvalue weighted by molar-refractivity contribution is 5.86. The lowest BCUT2D eigenvalue weighted by Gasteiger charge is -2.32. The van der Waals surface area contributed by atoms with Crippen molar-refractivity contribution < 1.29 is 19.5 Å². The Labute approximate surface area is 148 Å². The van der Waals surface area contributed by atoms with E-state index in [0.717, 1.165) is 17.5 Å². The van der Waals surface area contributed by atoms with E-state index in [-0.39, 0.29) is 31.3 Å². The fourth-order valence-corrected chi connectivity index (χ4v) is 3.17. The number of nitrogens with zero attached hydrogens (tertiary/aromatic N) is 2. The van der Waals surface area contributed by atoms with Crippen LogP contribution >= 0.6 is 0 Å². The summed E-state index contributed by atoms with van der Waals surface area (Å²) < 4.78 is 0. The second-order valence-electron chi connectivity index (χ2n) is 6.57. The molecule has 1 aromatic rings. The molecule has 0 radical (unpaired) electrons. The van der Waals surface area contributed by atoms with E-state index in [9.17, 15) is 14.4 Å². The molecule has 1 saturated heterocycles. The van der Waals surface area contributed by atoms with E-state index < -0.39 is 11.9 Å². The molecule has 2 rings (SSSR count). The first-order chi connectivity index (χ1) is 11.9. The number of carboxylic acid groups (broad SMARTS) is 1. The van der Waals surface area contributed by atoms with Crippen LogP contribution in [0.5, 0.6) is 0 Å². The highest BCUT2D eigenvalue weighted by atomic mass is 16.4. The van der Waals surface area contributed by atoms with Gasteiger partial charge < -0.3 is 14.9 Å². The van der Waals surface area contributed by atoms with Crippen LogP contribution < -0.4 is 0 Å². The summed E-state index contributed by atoms with van der Waals surface area (Å²) in [5.41, 5.74) is 2.12. The van der Waals surface area contributed by atoms with Crippen LogP contribution in [0.15, 0.2) is 24.3 Å². The first-order valence-corrected chi connectivity index (χ1v) is 8.73. The molecular weight excluding hydrogens is 320 g/mol. The van der Waals surface area contributed by atoms with Crippen molar-refractivity contribution in [1.82, 2.24) is 9.80 Å². The van der Waals surface area contributed by atoms with Gasteiger partial charge in [0.1, 0.15) is 0 Å². The molecule has 1 aliphatic heterocycles. The molecule has 25 heavy (non-hydrogen) atoms. The largest absolute Gasteiger partial charge is 0.481 e. The molecule has 2 amide bonds. The fourth-order valence-electron chi connectivity index (χ4n) is 3.17. The SMILES string of the molecule is CCc1ccccc1CC(=O)N(C)CC(=O)N1CCCC(C(=O)O)C1. The topological polar surface area (TPSA) is 77.9 Å². The van der Waals surface area contributed by atoms with E-state index in [0.29, 0.717) is 19.4 Å². The van der Waals surface area contributed by atoms with Gasteiger partial charge in [0.2, 0.25) is 11.8 Å². The van der Waals surface area contributed by atoms with E-state index in [1.807, 2.05) is 31.2 Å². The van der Waals surface area contributed by atoms with Gasteiger partial charge in [0, 0.05) is 20.1 Å². The zero-order valence-electron chi connectivity index (χ0n) is 14.9. The molecule has 0 spiro atoms. The van der Waals surface area contributed by atoms with Gasteiger partial charge in [-0.1, -0.05) is 31.2 Å². The molecule has 6 heteroatoms. The third-order valence-electron chi connectivity index (χ3n) is 4.76. The second-order valence-corrected chi connectivity index (χ2v) is 6.57. The molecule has 6 nitrogen and oxygen atoms in total. The van der Waals surface area contributed by atoms with Crippen molar-refractivity contribution in [3.8, 4) is 0 Å². The van der Waals surface area contributed by atoms with Crippen LogP contribution in [0.2, 0.25) is 0 Å². The quantitative estimate of drug-likeness (QED) is 0.848. The van der Waals surface area contributed by atoms with Gasteiger partial charge >= 0.3 is 5.97 Å². The monoisotopic (exact) mass is 346 g/mol. The van der Waals surface area contributed by atoms with Crippen molar-refractivity contribution in [3.05, 3.63) is 35.4 Å². The van der Waals surface area contributed by atoms with E-state index in [4.69, 9.17) is 5.11 Å². The molecule has 1 atom stereocenters. The second kappa shape index (κ2) is 8.65. The lowest BCUT2D eigenvalue weighted by Crippen LogP contribution is -2.47. The number of likely N-dealkylation sites (tertiary alicyclic amines) is 1. The van der Waals surface area contributed by atoms with Crippen molar-refractivity contribution in [2.45, 2.75) is 32.6 Å². The number of hydrogen-bond acceptors (Lipinski definition) is 3. The standard InChI is InChI=1S/C19H26N2O4/c1-3-14-7-4-5-8-15(14)11-17(22)20(2)13-18(23)21-10-6-9-16(12-21)19(24)25/h4-5,7-8,16H,3,6,9-13H2,1-2H3,(H,24,25). The maximum Gasteiger partial charge on any atom is 0.308 e. The lowest BCUT2D eigenvalue weighted by atomic mass is 9.98. The molecule has 1 N–H and O–H groups in total. The van der Waals surface area contributed by atoms with Gasteiger partial charge in [-0.3, -0.25) is 14.4 Å². The van der Waals surface area contributed by atoms with Crippen LogP contribution in [0.3, 0.4) is 0 Å². The highest BCUT2D eigenvalue weighted by Crippen LogP contribution is 2.17. The average Bonchev–Trinajstić information content (AvgIpc) is 2.62. The number of hydrogen-bond donors (Lipinski definition) is 1. The van der Waals surface area contributed by atoms with Crippen LogP contribution in [0.1, 0.15) is 30.9 Å². The van der Waals surface area contributed by atoms with Crippen molar-refractivity contribution >= 4 is 17.8 Å². The normalized spacial score (nSPS) is 17.2. The van der Waals surface area contributed by atoms with Crippen molar-refractivity contribution in [3.63, 3.8) is 0 Å². The fraction of sp³-hybridized carbons (Fsp3) is 0.526. The van der Waals surface area contributed by atoms with Gasteiger partial charge in [0.05, 0.1) is 18.9 Å². The summed E-state index contributed by atoms with van der Waals surface area (Å²) in [6, 6.07) is 7.81. The minimum atomic E-state index is -0.863. The summed E-state index contributed by atoms with van der Waals surface area (Å²) in [6.45, 7) is 2.82. The third-order valence-corrected chi connectivity index (χ3v) is 4.76. The number of aliphatic carboxylic acids is 1. The van der Waals surface area contributed by atoms with E-state index >= 15 is 0 Å². The molecule has 1 heterocycles. The molecule has 0 aliphatic carbocycles. The molecule has 1 unspecified atom stereocenters. The molecule has 0 bridgehead atoms. The Morgan fingerprint density at radius 3 is 2.56 bits per heavy atom. The summed E-state index contributed by atoms with van der Waals surface area (Å²) in [5, 5.41) is 9.12. The van der Waals surface area contributed by atoms with Gasteiger partial charge in [-0.05, 0) is 30.4 Å². The Balaban J connectivity index is 1.92. The number of rotatable bonds is 6. The lowest BCUT2D eigenvalue weighted by molar-refractivity contribution is -0.147. The number of aryl methyl sites for hydroxylation is 1. The zero-order chi connectivity index (χ0) is 18.4. The van der Waals surface area contributed by atoms with E-state index in [1.165, 1.54) is 4.90 Å². The maximum atomic E-state index is 12.4. The minimum absolute atomic E-state index is 0.0144. The van der Waals surface area contributed by atoms with Crippen molar-refractivity contribution in [2.75, 3.05) is 26.7 Å². The Hall–Kier alpha value is -2.37. The number of carbonyl (C=O) groups is 3.